The number of carbonyl (C=O) groups is 1. The molecule has 0 aliphatic carbocycles. The molecule has 2 aromatic carbocycles. The standard InChI is InChI=1S/C43H58FN3O4/c1-10-12-13-14-23-46(29-34-17-20-36(44)30(3)27-34)28-33-15-18-35(19-16-33)37-31(4)45-32(5)38(40(41(48)49)51-42(6,7)8)39(37)47-24-21-43(9,22-25-47)50-26-11-2/h11-13,15-20,27,40H,2,10,14,21-26,28-29H2,1,3-9H3,(H,48,49)/b13-12+. The lowest BCUT2D eigenvalue weighted by molar-refractivity contribution is -0.160. The SMILES string of the molecule is C=CCOC1(C)CCN(c2c(-c3ccc(CN(CC/C=C/CC)Cc4ccc(F)c(C)c4)cc3)c(C)nc(C)c2C(OC(C)(C)C)C(=O)O)CC1. The van der Waals surface area contributed by atoms with Crippen molar-refractivity contribution in [3.05, 3.63) is 107 Å². The summed E-state index contributed by atoms with van der Waals surface area (Å²) in [5, 5.41) is 10.6. The van der Waals surface area contributed by atoms with Crippen LogP contribution >= 0.6 is 0 Å². The first-order valence-corrected chi connectivity index (χ1v) is 18.3. The van der Waals surface area contributed by atoms with Gasteiger partial charge in [-0.3, -0.25) is 9.88 Å². The average molecular weight is 700 g/mol. The first-order chi connectivity index (χ1) is 24.1. The van der Waals surface area contributed by atoms with E-state index in [4.69, 9.17) is 14.5 Å². The molecule has 7 nitrogen and oxygen atoms in total. The minimum absolute atomic E-state index is 0.186. The second kappa shape index (κ2) is 17.6. The number of hydrogen-bond donors (Lipinski definition) is 1. The Balaban J connectivity index is 1.74. The molecule has 3 aromatic rings. The Morgan fingerprint density at radius 1 is 1.06 bits per heavy atom. The monoisotopic (exact) mass is 699 g/mol. The third kappa shape index (κ3) is 10.8. The van der Waals surface area contributed by atoms with Gasteiger partial charge in [-0.05, 0) is 102 Å². The fourth-order valence-electron chi connectivity index (χ4n) is 6.88. The largest absolute Gasteiger partial charge is 0.479 e. The molecule has 0 radical (unpaired) electrons. The number of nitrogens with zero attached hydrogens (tertiary/aromatic N) is 3. The van der Waals surface area contributed by atoms with Crippen LogP contribution in [0.4, 0.5) is 10.1 Å². The Hall–Kier alpha value is -3.85. The Labute approximate surface area is 305 Å². The Kier molecular flexibility index (Phi) is 13.8. The molecule has 0 spiro atoms. The Morgan fingerprint density at radius 2 is 1.71 bits per heavy atom. The molecule has 1 N–H and O–H groups in total. The summed E-state index contributed by atoms with van der Waals surface area (Å²) in [4.78, 5) is 22.6. The van der Waals surface area contributed by atoms with Gasteiger partial charge < -0.3 is 19.5 Å². The number of anilines is 1. The maximum atomic E-state index is 14.0. The molecule has 0 bridgehead atoms. The van der Waals surface area contributed by atoms with Gasteiger partial charge in [0.25, 0.3) is 0 Å². The van der Waals surface area contributed by atoms with Crippen molar-refractivity contribution in [2.75, 3.05) is 31.1 Å². The highest BCUT2D eigenvalue weighted by atomic mass is 19.1. The summed E-state index contributed by atoms with van der Waals surface area (Å²) in [6.45, 7) is 23.6. The number of allylic oxidation sites excluding steroid dienone is 1. The van der Waals surface area contributed by atoms with Crippen LogP contribution in [-0.2, 0) is 27.4 Å². The molecule has 1 atom stereocenters. The lowest BCUT2D eigenvalue weighted by atomic mass is 9.89. The van der Waals surface area contributed by atoms with Gasteiger partial charge in [-0.1, -0.05) is 61.5 Å². The highest BCUT2D eigenvalue weighted by Gasteiger charge is 2.37. The van der Waals surface area contributed by atoms with Gasteiger partial charge in [0.2, 0.25) is 0 Å². The second-order valence-corrected chi connectivity index (χ2v) is 15.1. The number of aliphatic carboxylic acids is 1. The number of rotatable bonds is 16. The van der Waals surface area contributed by atoms with Gasteiger partial charge in [0.15, 0.2) is 6.10 Å². The van der Waals surface area contributed by atoms with Crippen molar-refractivity contribution in [1.82, 2.24) is 9.88 Å². The summed E-state index contributed by atoms with van der Waals surface area (Å²) in [5.41, 5.74) is 6.76. The van der Waals surface area contributed by atoms with E-state index in [1.54, 1.807) is 19.1 Å². The highest BCUT2D eigenvalue weighted by molar-refractivity contribution is 5.88. The van der Waals surface area contributed by atoms with E-state index in [0.717, 1.165) is 72.4 Å². The molecule has 2 heterocycles. The smallest absolute Gasteiger partial charge is 0.337 e. The molecule has 51 heavy (non-hydrogen) atoms. The fourth-order valence-corrected chi connectivity index (χ4v) is 6.88. The molecular weight excluding hydrogens is 641 g/mol. The third-order valence-corrected chi connectivity index (χ3v) is 9.52. The van der Waals surface area contributed by atoms with Gasteiger partial charge in [-0.15, -0.1) is 6.58 Å². The van der Waals surface area contributed by atoms with Crippen LogP contribution in [0.3, 0.4) is 0 Å². The van der Waals surface area contributed by atoms with Crippen LogP contribution in [0.5, 0.6) is 0 Å². The quantitative estimate of drug-likeness (QED) is 0.149. The summed E-state index contributed by atoms with van der Waals surface area (Å²) in [7, 11) is 0. The third-order valence-electron chi connectivity index (χ3n) is 9.52. The van der Waals surface area contributed by atoms with E-state index < -0.39 is 17.7 Å². The number of ether oxygens (including phenoxy) is 2. The normalized spacial score (nSPS) is 15.5. The zero-order valence-electron chi connectivity index (χ0n) is 32.0. The first-order valence-electron chi connectivity index (χ1n) is 18.3. The average Bonchev–Trinajstić information content (AvgIpc) is 3.07. The van der Waals surface area contributed by atoms with Crippen molar-refractivity contribution in [3.63, 3.8) is 0 Å². The molecule has 0 amide bonds. The molecular formula is C43H58FN3O4. The molecule has 1 aliphatic heterocycles. The van der Waals surface area contributed by atoms with Crippen LogP contribution in [0.15, 0.2) is 67.3 Å². The van der Waals surface area contributed by atoms with Gasteiger partial charge in [0.1, 0.15) is 5.82 Å². The first kappa shape index (κ1) is 39.9. The summed E-state index contributed by atoms with van der Waals surface area (Å²) in [5.74, 6) is -1.22. The lowest BCUT2D eigenvalue weighted by Gasteiger charge is -2.42. The number of carboxylic acid groups (broad SMARTS) is 1. The van der Waals surface area contributed by atoms with E-state index in [2.05, 4.69) is 66.6 Å². The summed E-state index contributed by atoms with van der Waals surface area (Å²) in [6.07, 6.45) is 8.51. The van der Waals surface area contributed by atoms with Gasteiger partial charge in [0, 0.05) is 55.2 Å². The molecule has 1 aromatic heterocycles. The van der Waals surface area contributed by atoms with Crippen LogP contribution in [0.2, 0.25) is 0 Å². The van der Waals surface area contributed by atoms with E-state index in [1.165, 1.54) is 0 Å². The van der Waals surface area contributed by atoms with Crippen LogP contribution < -0.4 is 4.90 Å². The van der Waals surface area contributed by atoms with E-state index in [1.807, 2.05) is 46.8 Å². The molecule has 0 saturated carbocycles. The maximum Gasteiger partial charge on any atom is 0.337 e. The highest BCUT2D eigenvalue weighted by Crippen LogP contribution is 2.44. The zero-order chi connectivity index (χ0) is 37.3. The van der Waals surface area contributed by atoms with Crippen molar-refractivity contribution in [1.29, 1.82) is 0 Å². The Bertz CT molecular complexity index is 1670. The number of piperidine rings is 1. The number of hydrogen-bond acceptors (Lipinski definition) is 6. The van der Waals surface area contributed by atoms with Gasteiger partial charge in [-0.2, -0.15) is 0 Å². The molecule has 8 heteroatoms. The van der Waals surface area contributed by atoms with Gasteiger partial charge >= 0.3 is 5.97 Å². The van der Waals surface area contributed by atoms with E-state index in [0.29, 0.717) is 43.1 Å². The number of pyridine rings is 1. The van der Waals surface area contributed by atoms with Crippen LogP contribution in [0, 0.1) is 26.6 Å². The topological polar surface area (TPSA) is 75.1 Å². The molecule has 276 valence electrons. The molecule has 1 saturated heterocycles. The lowest BCUT2D eigenvalue weighted by Crippen LogP contribution is -2.45. The van der Waals surface area contributed by atoms with Crippen LogP contribution in [0.1, 0.15) is 100 Å². The predicted octanol–water partition coefficient (Wildman–Crippen LogP) is 9.67. The maximum absolute atomic E-state index is 14.0. The Morgan fingerprint density at radius 3 is 2.29 bits per heavy atom. The van der Waals surface area contributed by atoms with Gasteiger partial charge in [-0.25, -0.2) is 9.18 Å². The van der Waals surface area contributed by atoms with Crippen molar-refractivity contribution >= 4 is 11.7 Å². The summed E-state index contributed by atoms with van der Waals surface area (Å²) < 4.78 is 26.5. The van der Waals surface area contributed by atoms with Crippen molar-refractivity contribution in [2.24, 2.45) is 0 Å². The number of aromatic nitrogens is 1. The molecule has 4 rings (SSSR count). The minimum atomic E-state index is -1.19. The number of aryl methyl sites for hydroxylation is 3. The fraction of sp³-hybridized carbons (Fsp3) is 0.488. The van der Waals surface area contributed by atoms with E-state index >= 15 is 0 Å². The molecule has 1 fully saturated rings. The number of halogens is 1. The van der Waals surface area contributed by atoms with E-state index in [-0.39, 0.29) is 11.4 Å². The predicted molar refractivity (Wildman–Crippen MR) is 206 cm³/mol. The number of carboxylic acids is 1. The van der Waals surface area contributed by atoms with E-state index in [9.17, 15) is 14.3 Å². The van der Waals surface area contributed by atoms with Crippen molar-refractivity contribution < 1.29 is 23.8 Å². The summed E-state index contributed by atoms with van der Waals surface area (Å²) >= 11 is 0. The molecule has 1 unspecified atom stereocenters. The minimum Gasteiger partial charge on any atom is -0.479 e. The van der Waals surface area contributed by atoms with Crippen molar-refractivity contribution in [2.45, 2.75) is 111 Å². The van der Waals surface area contributed by atoms with Crippen LogP contribution in [0.25, 0.3) is 11.1 Å². The van der Waals surface area contributed by atoms with Crippen LogP contribution in [-0.4, -0.2) is 58.4 Å². The summed E-state index contributed by atoms with van der Waals surface area (Å²) in [6, 6.07) is 13.9. The number of benzene rings is 2. The van der Waals surface area contributed by atoms with Gasteiger partial charge in [0.05, 0.1) is 23.5 Å². The second-order valence-electron chi connectivity index (χ2n) is 15.1. The molecule has 1 aliphatic rings. The van der Waals surface area contributed by atoms with Crippen molar-refractivity contribution in [3.8, 4) is 11.1 Å². The zero-order valence-corrected chi connectivity index (χ0v) is 32.0.